The number of hydrogen-bond acceptors (Lipinski definition) is 4. The Kier molecular flexibility index (Phi) is 5.47. The van der Waals surface area contributed by atoms with Crippen molar-refractivity contribution < 1.29 is 13.6 Å². The molecule has 0 bridgehead atoms. The van der Waals surface area contributed by atoms with E-state index < -0.39 is 10.0 Å². The Morgan fingerprint density at radius 1 is 1.43 bits per heavy atom. The summed E-state index contributed by atoms with van der Waals surface area (Å²) in [5, 5.41) is 11.8. The Morgan fingerprint density at radius 3 is 2.57 bits per heavy atom. The highest BCUT2D eigenvalue weighted by atomic mass is 35.5. The predicted molar refractivity (Wildman–Crippen MR) is 85.4 cm³/mol. The van der Waals surface area contributed by atoms with Gasteiger partial charge in [0.15, 0.2) is 5.84 Å². The fraction of sp³-hybridized carbons (Fsp3) is 0.462. The second-order valence-electron chi connectivity index (χ2n) is 5.91. The van der Waals surface area contributed by atoms with E-state index >= 15 is 0 Å². The first-order valence-corrected chi connectivity index (χ1v) is 8.35. The molecule has 8 heteroatoms. The fourth-order valence-corrected chi connectivity index (χ4v) is 3.19. The quantitative estimate of drug-likeness (QED) is 0.333. The summed E-state index contributed by atoms with van der Waals surface area (Å²) in [6.45, 7) is 5.90. The Morgan fingerprint density at radius 2 is 2.05 bits per heavy atom. The lowest BCUT2D eigenvalue weighted by molar-refractivity contribution is 0.318. The maximum atomic E-state index is 12.1. The van der Waals surface area contributed by atoms with Gasteiger partial charge in [0, 0.05) is 5.56 Å². The van der Waals surface area contributed by atoms with Crippen LogP contribution in [0.4, 0.5) is 5.69 Å². The molecule has 0 saturated heterocycles. The number of amidine groups is 1. The normalized spacial score (nSPS) is 13.2. The average Bonchev–Trinajstić information content (AvgIpc) is 2.37. The van der Waals surface area contributed by atoms with Crippen LogP contribution in [0.5, 0.6) is 0 Å². The zero-order chi connectivity index (χ0) is 16.3. The van der Waals surface area contributed by atoms with Crippen LogP contribution in [0.2, 0.25) is 5.02 Å². The van der Waals surface area contributed by atoms with Crippen LogP contribution in [-0.4, -0.2) is 25.2 Å². The molecule has 0 aliphatic rings. The van der Waals surface area contributed by atoms with Crippen molar-refractivity contribution in [3.8, 4) is 0 Å². The summed E-state index contributed by atoms with van der Waals surface area (Å²) in [5.41, 5.74) is 5.96. The van der Waals surface area contributed by atoms with Gasteiger partial charge in [-0.05, 0) is 30.0 Å². The fourth-order valence-electron chi connectivity index (χ4n) is 1.48. The SMILES string of the molecule is CC(C)(C)CCS(=O)(=O)Nc1cc(/C(N)=N/O)ccc1Cl. The first kappa shape index (κ1) is 17.6. The molecule has 0 aromatic heterocycles. The largest absolute Gasteiger partial charge is 0.409 e. The van der Waals surface area contributed by atoms with Crippen molar-refractivity contribution in [2.24, 2.45) is 16.3 Å². The van der Waals surface area contributed by atoms with Gasteiger partial charge in [-0.3, -0.25) is 4.72 Å². The van der Waals surface area contributed by atoms with Gasteiger partial charge in [0.25, 0.3) is 0 Å². The molecule has 0 fully saturated rings. The molecule has 0 aliphatic heterocycles. The van der Waals surface area contributed by atoms with Crippen LogP contribution < -0.4 is 10.5 Å². The summed E-state index contributed by atoms with van der Waals surface area (Å²) in [4.78, 5) is 0. The number of rotatable bonds is 5. The van der Waals surface area contributed by atoms with E-state index in [1.165, 1.54) is 18.2 Å². The molecule has 21 heavy (non-hydrogen) atoms. The number of halogens is 1. The molecular weight excluding hydrogens is 314 g/mol. The minimum Gasteiger partial charge on any atom is -0.409 e. The van der Waals surface area contributed by atoms with Gasteiger partial charge in [0.05, 0.1) is 16.5 Å². The van der Waals surface area contributed by atoms with Crippen molar-refractivity contribution in [1.82, 2.24) is 0 Å². The van der Waals surface area contributed by atoms with Crippen LogP contribution in [0.1, 0.15) is 32.8 Å². The molecule has 0 heterocycles. The molecule has 1 aromatic carbocycles. The highest BCUT2D eigenvalue weighted by molar-refractivity contribution is 7.92. The van der Waals surface area contributed by atoms with Crippen LogP contribution in [0, 0.1) is 5.41 Å². The molecular formula is C13H20ClN3O3S. The molecule has 0 saturated carbocycles. The van der Waals surface area contributed by atoms with Crippen LogP contribution in [0.25, 0.3) is 0 Å². The summed E-state index contributed by atoms with van der Waals surface area (Å²) in [6.07, 6.45) is 0.514. The Labute approximate surface area is 130 Å². The molecule has 0 radical (unpaired) electrons. The first-order valence-electron chi connectivity index (χ1n) is 6.32. The Bertz CT molecular complexity index is 637. The minimum atomic E-state index is -3.52. The third kappa shape index (κ3) is 5.81. The third-order valence-electron chi connectivity index (χ3n) is 2.76. The monoisotopic (exact) mass is 333 g/mol. The molecule has 6 nitrogen and oxygen atoms in total. The van der Waals surface area contributed by atoms with E-state index in [4.69, 9.17) is 22.5 Å². The topological polar surface area (TPSA) is 105 Å². The van der Waals surface area contributed by atoms with Crippen molar-refractivity contribution in [3.05, 3.63) is 28.8 Å². The number of nitrogens with zero attached hydrogens (tertiary/aromatic N) is 1. The summed E-state index contributed by atoms with van der Waals surface area (Å²) < 4.78 is 26.6. The highest BCUT2D eigenvalue weighted by Crippen LogP contribution is 2.25. The van der Waals surface area contributed by atoms with Crippen molar-refractivity contribution >= 4 is 33.1 Å². The van der Waals surface area contributed by atoms with Gasteiger partial charge < -0.3 is 10.9 Å². The third-order valence-corrected chi connectivity index (χ3v) is 4.36. The van der Waals surface area contributed by atoms with Crippen LogP contribution in [-0.2, 0) is 10.0 Å². The van der Waals surface area contributed by atoms with Crippen LogP contribution >= 0.6 is 11.6 Å². The summed E-state index contributed by atoms with van der Waals surface area (Å²) in [7, 11) is -3.52. The first-order chi connectivity index (χ1) is 9.54. The van der Waals surface area contributed by atoms with Gasteiger partial charge >= 0.3 is 0 Å². The summed E-state index contributed by atoms with van der Waals surface area (Å²) >= 11 is 5.97. The van der Waals surface area contributed by atoms with Crippen LogP contribution in [0.15, 0.2) is 23.4 Å². The predicted octanol–water partition coefficient (Wildman–Crippen LogP) is 2.61. The van der Waals surface area contributed by atoms with Gasteiger partial charge in [-0.15, -0.1) is 0 Å². The van der Waals surface area contributed by atoms with Crippen molar-refractivity contribution in [2.45, 2.75) is 27.2 Å². The molecule has 118 valence electrons. The van der Waals surface area contributed by atoms with E-state index in [1.54, 1.807) is 0 Å². The maximum Gasteiger partial charge on any atom is 0.232 e. The average molecular weight is 334 g/mol. The summed E-state index contributed by atoms with van der Waals surface area (Å²) in [6, 6.07) is 4.44. The van der Waals surface area contributed by atoms with Gasteiger partial charge in [-0.1, -0.05) is 37.5 Å². The van der Waals surface area contributed by atoms with Crippen LogP contribution in [0.3, 0.4) is 0 Å². The zero-order valence-corrected chi connectivity index (χ0v) is 13.8. The smallest absolute Gasteiger partial charge is 0.232 e. The summed E-state index contributed by atoms with van der Waals surface area (Å²) in [5.74, 6) is -0.137. The minimum absolute atomic E-state index is 0.0133. The maximum absolute atomic E-state index is 12.1. The molecule has 0 unspecified atom stereocenters. The number of nitrogens with two attached hydrogens (primary N) is 1. The number of nitrogens with one attached hydrogen (secondary N) is 1. The van der Waals surface area contributed by atoms with Crippen molar-refractivity contribution in [3.63, 3.8) is 0 Å². The van der Waals surface area contributed by atoms with E-state index in [9.17, 15) is 8.42 Å². The highest BCUT2D eigenvalue weighted by Gasteiger charge is 2.18. The van der Waals surface area contributed by atoms with E-state index in [0.29, 0.717) is 12.0 Å². The van der Waals surface area contributed by atoms with Gasteiger partial charge in [-0.2, -0.15) is 0 Å². The van der Waals surface area contributed by atoms with E-state index in [0.717, 1.165) is 0 Å². The number of benzene rings is 1. The Hall–Kier alpha value is -1.47. The lowest BCUT2D eigenvalue weighted by Gasteiger charge is -2.18. The van der Waals surface area contributed by atoms with E-state index in [-0.39, 0.29) is 27.7 Å². The van der Waals surface area contributed by atoms with E-state index in [1.807, 2.05) is 20.8 Å². The standard InChI is InChI=1S/C13H20ClN3O3S/c1-13(2,3)6-7-21(19,20)17-11-8-9(12(15)16-18)4-5-10(11)14/h4-5,8,17-18H,6-7H2,1-3H3,(H2,15,16). The van der Waals surface area contributed by atoms with E-state index in [2.05, 4.69) is 9.88 Å². The lowest BCUT2D eigenvalue weighted by Crippen LogP contribution is -2.21. The Balaban J connectivity index is 2.96. The molecule has 1 rings (SSSR count). The van der Waals surface area contributed by atoms with Gasteiger partial charge in [0.1, 0.15) is 0 Å². The molecule has 1 aromatic rings. The second-order valence-corrected chi connectivity index (χ2v) is 8.16. The molecule has 4 N–H and O–H groups in total. The van der Waals surface area contributed by atoms with Crippen molar-refractivity contribution in [2.75, 3.05) is 10.5 Å². The lowest BCUT2D eigenvalue weighted by atomic mass is 9.94. The molecule has 0 amide bonds. The zero-order valence-electron chi connectivity index (χ0n) is 12.2. The molecule has 0 atom stereocenters. The van der Waals surface area contributed by atoms with Gasteiger partial charge in [0.2, 0.25) is 10.0 Å². The number of anilines is 1. The van der Waals surface area contributed by atoms with Gasteiger partial charge in [-0.25, -0.2) is 8.42 Å². The number of hydrogen-bond donors (Lipinski definition) is 3. The van der Waals surface area contributed by atoms with Crippen molar-refractivity contribution in [1.29, 1.82) is 0 Å². The number of oxime groups is 1. The molecule has 0 spiro atoms. The molecule has 0 aliphatic carbocycles. The second kappa shape index (κ2) is 6.53. The number of sulfonamides is 1.